The van der Waals surface area contributed by atoms with Gasteiger partial charge in [0.1, 0.15) is 17.1 Å². The van der Waals surface area contributed by atoms with Crippen LogP contribution >= 0.6 is 0 Å². The summed E-state index contributed by atoms with van der Waals surface area (Å²) < 4.78 is 37.7. The SMILES string of the molecule is Cc1noc(C)c1-c1cnc2c(-c3ccc(-c4nnn[nH]4)cc3)cn(CC3(F)CCC(C)(F)CC3)c2c1. The zero-order valence-corrected chi connectivity index (χ0v) is 20.9. The summed E-state index contributed by atoms with van der Waals surface area (Å²) in [4.78, 5) is 4.82. The van der Waals surface area contributed by atoms with E-state index < -0.39 is 11.3 Å². The molecule has 190 valence electrons. The summed E-state index contributed by atoms with van der Waals surface area (Å²) in [6, 6.07) is 9.82. The first kappa shape index (κ1) is 23.4. The zero-order chi connectivity index (χ0) is 25.8. The van der Waals surface area contributed by atoms with Crippen LogP contribution in [0.1, 0.15) is 44.1 Å². The molecule has 0 saturated heterocycles. The van der Waals surface area contributed by atoms with Crippen molar-refractivity contribution in [3.8, 4) is 33.6 Å². The molecule has 4 heterocycles. The van der Waals surface area contributed by atoms with E-state index in [0.29, 0.717) is 11.6 Å². The number of tetrazole rings is 1. The molecular weight excluding hydrogens is 476 g/mol. The Hall–Kier alpha value is -3.95. The molecule has 0 spiro atoms. The maximum absolute atomic E-state index is 16.0. The maximum atomic E-state index is 16.0. The highest BCUT2D eigenvalue weighted by Gasteiger charge is 2.41. The summed E-state index contributed by atoms with van der Waals surface area (Å²) in [5, 5.41) is 18.1. The second kappa shape index (κ2) is 8.57. The van der Waals surface area contributed by atoms with Crippen LogP contribution in [0.5, 0.6) is 0 Å². The summed E-state index contributed by atoms with van der Waals surface area (Å²) in [7, 11) is 0. The zero-order valence-electron chi connectivity index (χ0n) is 20.9. The van der Waals surface area contributed by atoms with Crippen molar-refractivity contribution in [1.29, 1.82) is 0 Å². The molecule has 0 atom stereocenters. The number of benzene rings is 1. The highest BCUT2D eigenvalue weighted by molar-refractivity contribution is 5.95. The maximum Gasteiger partial charge on any atom is 0.179 e. The van der Waals surface area contributed by atoms with Gasteiger partial charge in [0.2, 0.25) is 0 Å². The van der Waals surface area contributed by atoms with Crippen LogP contribution in [0.3, 0.4) is 0 Å². The van der Waals surface area contributed by atoms with E-state index >= 15 is 4.39 Å². The topological polar surface area (TPSA) is 98.3 Å². The van der Waals surface area contributed by atoms with Gasteiger partial charge in [-0.25, -0.2) is 13.9 Å². The Labute approximate surface area is 212 Å². The smallest absolute Gasteiger partial charge is 0.179 e. The van der Waals surface area contributed by atoms with E-state index in [1.165, 1.54) is 0 Å². The summed E-state index contributed by atoms with van der Waals surface area (Å²) in [5.41, 5.74) is 3.96. The van der Waals surface area contributed by atoms with Gasteiger partial charge >= 0.3 is 0 Å². The van der Waals surface area contributed by atoms with Crippen molar-refractivity contribution in [3.05, 3.63) is 54.2 Å². The van der Waals surface area contributed by atoms with Gasteiger partial charge in [0.15, 0.2) is 5.82 Å². The number of halogens is 2. The van der Waals surface area contributed by atoms with Crippen LogP contribution in [0.2, 0.25) is 0 Å². The molecule has 10 heteroatoms. The monoisotopic (exact) mass is 503 g/mol. The number of fused-ring (bicyclic) bond motifs is 1. The molecule has 1 aliphatic rings. The minimum atomic E-state index is -1.49. The molecule has 8 nitrogen and oxygen atoms in total. The van der Waals surface area contributed by atoms with Crippen LogP contribution in [0.15, 0.2) is 47.2 Å². The molecule has 0 radical (unpaired) electrons. The molecule has 0 bridgehead atoms. The second-order valence-corrected chi connectivity index (χ2v) is 10.4. The predicted octanol–water partition coefficient (Wildman–Crippen LogP) is 6.17. The van der Waals surface area contributed by atoms with Crippen molar-refractivity contribution in [3.63, 3.8) is 0 Å². The van der Waals surface area contributed by atoms with Gasteiger partial charge in [-0.3, -0.25) is 4.98 Å². The van der Waals surface area contributed by atoms with Crippen LogP contribution in [0, 0.1) is 13.8 Å². The molecule has 5 aromatic rings. The van der Waals surface area contributed by atoms with Gasteiger partial charge in [-0.1, -0.05) is 29.4 Å². The number of nitrogens with zero attached hydrogens (tertiary/aromatic N) is 6. The van der Waals surface area contributed by atoms with Crippen molar-refractivity contribution in [2.24, 2.45) is 0 Å². The molecule has 1 fully saturated rings. The first-order valence-corrected chi connectivity index (χ1v) is 12.4. The lowest BCUT2D eigenvalue weighted by Gasteiger charge is -2.36. The molecule has 1 aromatic carbocycles. The van der Waals surface area contributed by atoms with Gasteiger partial charge in [-0.2, -0.15) is 0 Å². The minimum Gasteiger partial charge on any atom is -0.361 e. The first-order chi connectivity index (χ1) is 17.7. The summed E-state index contributed by atoms with van der Waals surface area (Å²) in [6.07, 6.45) is 4.56. The van der Waals surface area contributed by atoms with Crippen molar-refractivity contribution >= 4 is 11.0 Å². The Balaban J connectivity index is 1.44. The number of aryl methyl sites for hydroxylation is 2. The highest BCUT2D eigenvalue weighted by Crippen LogP contribution is 2.42. The van der Waals surface area contributed by atoms with Crippen LogP contribution in [0.25, 0.3) is 44.7 Å². The number of rotatable bonds is 5. The lowest BCUT2D eigenvalue weighted by molar-refractivity contribution is 0.0132. The quantitative estimate of drug-likeness (QED) is 0.308. The normalized spacial score (nSPS) is 22.1. The fraction of sp³-hybridized carbons (Fsp3) is 0.370. The van der Waals surface area contributed by atoms with E-state index in [0.717, 1.165) is 44.5 Å². The molecule has 1 aliphatic carbocycles. The molecule has 0 aliphatic heterocycles. The number of H-pyrrole nitrogens is 1. The Morgan fingerprint density at radius 3 is 2.41 bits per heavy atom. The highest BCUT2D eigenvalue weighted by atomic mass is 19.1. The molecule has 1 N–H and O–H groups in total. The van der Waals surface area contributed by atoms with E-state index in [-0.39, 0.29) is 32.2 Å². The molecule has 37 heavy (non-hydrogen) atoms. The van der Waals surface area contributed by atoms with Crippen molar-refractivity contribution < 1.29 is 13.3 Å². The molecule has 4 aromatic heterocycles. The number of aromatic amines is 1. The fourth-order valence-corrected chi connectivity index (χ4v) is 5.31. The lowest BCUT2D eigenvalue weighted by Crippen LogP contribution is -2.38. The third-order valence-corrected chi connectivity index (χ3v) is 7.50. The molecule has 6 rings (SSSR count). The summed E-state index contributed by atoms with van der Waals surface area (Å²) in [6.45, 7) is 5.45. The van der Waals surface area contributed by atoms with Gasteiger partial charge in [-0.05, 0) is 68.5 Å². The number of hydrogen-bond donors (Lipinski definition) is 1. The third-order valence-electron chi connectivity index (χ3n) is 7.50. The summed E-state index contributed by atoms with van der Waals surface area (Å²) in [5.74, 6) is 1.28. The average molecular weight is 504 g/mol. The Bertz CT molecular complexity index is 1540. The minimum absolute atomic E-state index is 0.133. The molecule has 1 saturated carbocycles. The van der Waals surface area contributed by atoms with E-state index in [9.17, 15) is 4.39 Å². The van der Waals surface area contributed by atoms with Gasteiger partial charge < -0.3 is 9.09 Å². The van der Waals surface area contributed by atoms with Gasteiger partial charge in [-0.15, -0.1) is 5.10 Å². The van der Waals surface area contributed by atoms with E-state index in [2.05, 4.69) is 25.8 Å². The van der Waals surface area contributed by atoms with Crippen LogP contribution in [-0.4, -0.2) is 46.7 Å². The van der Waals surface area contributed by atoms with E-state index in [1.807, 2.05) is 54.9 Å². The number of nitrogens with one attached hydrogen (secondary N) is 1. The van der Waals surface area contributed by atoms with Gasteiger partial charge in [0, 0.05) is 34.6 Å². The largest absolute Gasteiger partial charge is 0.361 e. The third kappa shape index (κ3) is 4.30. The number of alkyl halides is 2. The Morgan fingerprint density at radius 2 is 1.76 bits per heavy atom. The fourth-order valence-electron chi connectivity index (χ4n) is 5.31. The second-order valence-electron chi connectivity index (χ2n) is 10.4. The number of hydrogen-bond acceptors (Lipinski definition) is 6. The van der Waals surface area contributed by atoms with Crippen molar-refractivity contribution in [2.45, 2.75) is 64.3 Å². The first-order valence-electron chi connectivity index (χ1n) is 12.4. The van der Waals surface area contributed by atoms with Crippen LogP contribution in [-0.2, 0) is 6.54 Å². The standard InChI is InChI=1S/C27H27F2N7O/c1-16-23(17(2)37-33-16)20-12-22-24(30-13-20)21(18-4-6-19(7-5-18)25-31-34-35-32-25)14-36(22)15-27(29)10-8-26(3,28)9-11-27/h4-7,12-14H,8-11,15H2,1-3H3,(H,31,32,34,35). The van der Waals surface area contributed by atoms with Gasteiger partial charge in [0.25, 0.3) is 0 Å². The van der Waals surface area contributed by atoms with E-state index in [4.69, 9.17) is 9.51 Å². The molecule has 0 unspecified atom stereocenters. The molecular formula is C27H27F2N7O. The Kier molecular flexibility index (Phi) is 5.43. The van der Waals surface area contributed by atoms with Crippen molar-refractivity contribution in [2.75, 3.05) is 0 Å². The number of pyridine rings is 1. The summed E-state index contributed by atoms with van der Waals surface area (Å²) >= 11 is 0. The predicted molar refractivity (Wildman–Crippen MR) is 135 cm³/mol. The van der Waals surface area contributed by atoms with E-state index in [1.54, 1.807) is 13.1 Å². The average Bonchev–Trinajstić information content (AvgIpc) is 3.61. The van der Waals surface area contributed by atoms with Crippen molar-refractivity contribution in [1.82, 2.24) is 35.3 Å². The number of aromatic nitrogens is 7. The lowest BCUT2D eigenvalue weighted by atomic mass is 9.79. The van der Waals surface area contributed by atoms with Crippen LogP contribution in [0.4, 0.5) is 8.78 Å². The van der Waals surface area contributed by atoms with Gasteiger partial charge in [0.05, 0.1) is 23.3 Å². The Morgan fingerprint density at radius 1 is 1.03 bits per heavy atom. The molecule has 0 amide bonds. The van der Waals surface area contributed by atoms with Crippen LogP contribution < -0.4 is 0 Å².